The number of hydrogen-bond acceptors (Lipinski definition) is 3. The summed E-state index contributed by atoms with van der Waals surface area (Å²) in [6.45, 7) is 4.76. The third kappa shape index (κ3) is 8.53. The number of para-hydroxylation sites is 8. The number of fused-ring (bicyclic) bond motifs is 22. The lowest BCUT2D eigenvalue weighted by Gasteiger charge is -2.22. The van der Waals surface area contributed by atoms with Gasteiger partial charge in [-0.15, -0.1) is 0 Å². The predicted octanol–water partition coefficient (Wildman–Crippen LogP) is 26.3. The van der Waals surface area contributed by atoms with E-state index in [0.717, 1.165) is 160 Å². The molecule has 508 valence electrons. The van der Waals surface area contributed by atoms with E-state index < -0.39 is 0 Å². The zero-order chi connectivity index (χ0) is 71.5. The molecular formula is C101H63N7O. The first-order valence-electron chi connectivity index (χ1n) is 37.5. The van der Waals surface area contributed by atoms with Gasteiger partial charge in [-0.05, 0) is 195 Å². The highest BCUT2D eigenvalue weighted by Gasteiger charge is 2.37. The average molecular weight is 1390 g/mol. The Morgan fingerprint density at radius 2 is 0.633 bits per heavy atom. The molecule has 0 fully saturated rings. The molecule has 0 spiro atoms. The molecule has 109 heavy (non-hydrogen) atoms. The second-order valence-electron chi connectivity index (χ2n) is 30.0. The molecule has 8 heteroatoms. The lowest BCUT2D eigenvalue weighted by Crippen LogP contribution is -2.15. The summed E-state index contributed by atoms with van der Waals surface area (Å²) in [6, 6.07) is 127. The smallest absolute Gasteiger partial charge is 0.182 e. The highest BCUT2D eigenvalue weighted by molar-refractivity contribution is 6.18. The van der Waals surface area contributed by atoms with E-state index in [1.165, 1.54) is 54.8 Å². The fourth-order valence-electron chi connectivity index (χ4n) is 18.9. The molecule has 0 radical (unpaired) electrons. The molecule has 1 aliphatic carbocycles. The van der Waals surface area contributed by atoms with E-state index in [4.69, 9.17) is 14.4 Å². The fourth-order valence-corrected chi connectivity index (χ4v) is 18.9. The highest BCUT2D eigenvalue weighted by atomic mass is 16.3. The summed E-state index contributed by atoms with van der Waals surface area (Å²) >= 11 is 0. The van der Waals surface area contributed by atoms with Crippen LogP contribution in [0.1, 0.15) is 25.0 Å². The second-order valence-corrected chi connectivity index (χ2v) is 30.0. The molecule has 8 nitrogen and oxygen atoms in total. The Morgan fingerprint density at radius 1 is 0.239 bits per heavy atom. The van der Waals surface area contributed by atoms with Gasteiger partial charge in [0, 0.05) is 81.4 Å². The van der Waals surface area contributed by atoms with E-state index in [9.17, 15) is 0 Å². The molecule has 0 saturated carbocycles. The SMILES string of the molecule is CC1(C)c2ccccc2-c2cc3c4ccccc4n(-c4nc5c(-n6c7ccccc7c7cc(-c8ccc9oc%10ccccc%10c9c8)ccc76)cccc5nc4-n4c5cc(-c6ccc7c(c6)c6ccccc6n7-c6ccccc6)ccc5c5ccc(-c6ccc7c(c6)c6ccccc6n7-c6ccccc6)cc54)c3cc21. The van der Waals surface area contributed by atoms with Crippen molar-refractivity contribution in [1.29, 1.82) is 0 Å². The van der Waals surface area contributed by atoms with Gasteiger partial charge < -0.3 is 18.1 Å². The lowest BCUT2D eigenvalue weighted by atomic mass is 9.82. The zero-order valence-corrected chi connectivity index (χ0v) is 59.4. The van der Waals surface area contributed by atoms with Crippen molar-refractivity contribution in [1.82, 2.24) is 32.8 Å². The van der Waals surface area contributed by atoms with Crippen molar-refractivity contribution < 1.29 is 4.42 Å². The van der Waals surface area contributed by atoms with E-state index in [0.29, 0.717) is 11.6 Å². The average Bonchev–Trinajstić information content (AvgIpc) is 1.55. The van der Waals surface area contributed by atoms with E-state index in [1.807, 2.05) is 12.1 Å². The van der Waals surface area contributed by atoms with Gasteiger partial charge >= 0.3 is 0 Å². The molecule has 0 amide bonds. The summed E-state index contributed by atoms with van der Waals surface area (Å²) in [5, 5.41) is 13.8. The Morgan fingerprint density at radius 3 is 1.21 bits per heavy atom. The van der Waals surface area contributed by atoms with Gasteiger partial charge in [0.15, 0.2) is 11.6 Å². The minimum atomic E-state index is -0.290. The number of nitrogens with zero attached hydrogens (tertiary/aromatic N) is 7. The minimum absolute atomic E-state index is 0.290. The van der Waals surface area contributed by atoms with Gasteiger partial charge in [-0.25, -0.2) is 9.97 Å². The van der Waals surface area contributed by atoms with Crippen LogP contribution in [0.5, 0.6) is 0 Å². The largest absolute Gasteiger partial charge is 0.456 e. The van der Waals surface area contributed by atoms with Crippen LogP contribution < -0.4 is 0 Å². The van der Waals surface area contributed by atoms with Crippen LogP contribution in [-0.2, 0) is 5.41 Å². The first kappa shape index (κ1) is 60.0. The minimum Gasteiger partial charge on any atom is -0.456 e. The zero-order valence-electron chi connectivity index (χ0n) is 59.4. The van der Waals surface area contributed by atoms with Gasteiger partial charge in [0.1, 0.15) is 16.7 Å². The van der Waals surface area contributed by atoms with Crippen LogP contribution in [0.2, 0.25) is 0 Å². The predicted molar refractivity (Wildman–Crippen MR) is 452 cm³/mol. The van der Waals surface area contributed by atoms with Crippen LogP contribution >= 0.6 is 0 Å². The van der Waals surface area contributed by atoms with Gasteiger partial charge in [0.05, 0.1) is 66.4 Å². The van der Waals surface area contributed by atoms with Gasteiger partial charge in [-0.3, -0.25) is 9.13 Å². The van der Waals surface area contributed by atoms with Crippen molar-refractivity contribution in [3.8, 4) is 73.2 Å². The van der Waals surface area contributed by atoms with E-state index >= 15 is 0 Å². The number of benzene rings is 16. The van der Waals surface area contributed by atoms with Crippen molar-refractivity contribution in [3.63, 3.8) is 0 Å². The maximum absolute atomic E-state index is 6.33. The third-order valence-corrected chi connectivity index (χ3v) is 23.9. The Kier molecular flexibility index (Phi) is 12.3. The molecule has 0 saturated heterocycles. The van der Waals surface area contributed by atoms with Crippen LogP contribution in [0.3, 0.4) is 0 Å². The highest BCUT2D eigenvalue weighted by Crippen LogP contribution is 2.52. The first-order valence-corrected chi connectivity index (χ1v) is 37.5. The van der Waals surface area contributed by atoms with Crippen LogP contribution in [0.4, 0.5) is 0 Å². The molecule has 0 N–H and O–H groups in total. The third-order valence-electron chi connectivity index (χ3n) is 23.9. The summed E-state index contributed by atoms with van der Waals surface area (Å²) in [6.07, 6.45) is 0. The van der Waals surface area contributed by atoms with E-state index in [-0.39, 0.29) is 5.41 Å². The molecule has 23 aromatic rings. The fraction of sp³-hybridized carbons (Fsp3) is 0.0297. The molecular weight excluding hydrogens is 1330 g/mol. The summed E-state index contributed by atoms with van der Waals surface area (Å²) in [5.74, 6) is 1.42. The van der Waals surface area contributed by atoms with Crippen molar-refractivity contribution in [2.75, 3.05) is 0 Å². The molecule has 0 aliphatic heterocycles. The summed E-state index contributed by atoms with van der Waals surface area (Å²) in [7, 11) is 0. The van der Waals surface area contributed by atoms with Gasteiger partial charge in [0.2, 0.25) is 0 Å². The van der Waals surface area contributed by atoms with Crippen molar-refractivity contribution in [2.24, 2.45) is 0 Å². The number of aromatic nitrogens is 7. The molecule has 1 aliphatic rings. The summed E-state index contributed by atoms with van der Waals surface area (Å²) in [4.78, 5) is 12.5. The topological polar surface area (TPSA) is 63.6 Å². The molecule has 16 aromatic carbocycles. The van der Waals surface area contributed by atoms with Gasteiger partial charge in [0.25, 0.3) is 0 Å². The van der Waals surface area contributed by atoms with Crippen LogP contribution in [0, 0.1) is 0 Å². The van der Waals surface area contributed by atoms with Gasteiger partial charge in [-0.2, -0.15) is 0 Å². The maximum Gasteiger partial charge on any atom is 0.182 e. The molecule has 0 atom stereocenters. The molecule has 0 unspecified atom stereocenters. The number of furan rings is 1. The van der Waals surface area contributed by atoms with Crippen LogP contribution in [0.25, 0.3) is 215 Å². The van der Waals surface area contributed by atoms with Crippen molar-refractivity contribution in [3.05, 3.63) is 357 Å². The number of hydrogen-bond donors (Lipinski definition) is 0. The summed E-state index contributed by atoms with van der Waals surface area (Å²) < 4.78 is 18.4. The molecule has 7 aromatic heterocycles. The molecule has 0 bridgehead atoms. The van der Waals surface area contributed by atoms with Gasteiger partial charge in [-0.1, -0.05) is 220 Å². The van der Waals surface area contributed by atoms with Crippen molar-refractivity contribution >= 4 is 142 Å². The van der Waals surface area contributed by atoms with Crippen molar-refractivity contribution in [2.45, 2.75) is 19.3 Å². The normalized spacial score (nSPS) is 12.9. The van der Waals surface area contributed by atoms with Crippen LogP contribution in [-0.4, -0.2) is 32.8 Å². The number of rotatable bonds is 8. The Labute approximate surface area is 624 Å². The molecule has 7 heterocycles. The van der Waals surface area contributed by atoms with E-state index in [2.05, 4.69) is 370 Å². The molecule has 24 rings (SSSR count). The standard InChI is InChI=1S/C101H63N7O/c1-101(2)82-32-15-9-26-68(82)76-58-80-72-30-13-19-37-88(72)107(95(80)59-83(76)101)100-99(102-84-33-21-38-92(98(84)103-100)106-87-36-18-12-29-71(87)79-52-60(44-50-91(79)106)63-45-51-97-81(55-63)75-31-14-20-39-96(75)109-97)108-93-56-64(61-42-48-89-77(53-61)69-27-10-16-34-85(69)104(89)66-22-5-3-6-23-66)40-46-73(93)74-47-41-65(57-94(74)108)62-43-49-90-78(54-62)70-28-11-17-35-86(70)105(90)67-24-7-4-8-25-67/h3-59H,1-2H3. The lowest BCUT2D eigenvalue weighted by molar-refractivity contribution is 0.661. The Bertz CT molecular complexity index is 7670. The first-order chi connectivity index (χ1) is 53.8. The van der Waals surface area contributed by atoms with E-state index in [1.54, 1.807) is 0 Å². The maximum atomic E-state index is 6.33. The summed E-state index contributed by atoms with van der Waals surface area (Å²) in [5.41, 5.74) is 29.0. The monoisotopic (exact) mass is 1390 g/mol. The Balaban J connectivity index is 0.790. The quantitative estimate of drug-likeness (QED) is 0.152. The second kappa shape index (κ2) is 22.4. The Hall–Kier alpha value is -14.3. The van der Waals surface area contributed by atoms with Crippen LogP contribution in [0.15, 0.2) is 350 Å².